The molecule has 1 aromatic carbocycles. The molecule has 0 aromatic heterocycles. The number of hydrogen-bond donors (Lipinski definition) is 1. The Morgan fingerprint density at radius 2 is 1.89 bits per heavy atom. The van der Waals surface area contributed by atoms with Crippen LogP contribution in [0.4, 0.5) is 13.2 Å². The van der Waals surface area contributed by atoms with Gasteiger partial charge in [-0.05, 0) is 37.2 Å². The summed E-state index contributed by atoms with van der Waals surface area (Å²) in [5.74, 6) is 0. The average Bonchev–Trinajstić information content (AvgIpc) is 2.29. The normalized spacial score (nSPS) is 13.6. The maximum Gasteiger partial charge on any atom is 0.411 e. The summed E-state index contributed by atoms with van der Waals surface area (Å²) < 4.78 is 42.6. The fourth-order valence-electron chi connectivity index (χ4n) is 1.55. The summed E-state index contributed by atoms with van der Waals surface area (Å²) in [7, 11) is 1.68. The molecular formula is C12H14Br2F3NO. The quantitative estimate of drug-likeness (QED) is 0.787. The highest BCUT2D eigenvalue weighted by atomic mass is 79.9. The van der Waals surface area contributed by atoms with Gasteiger partial charge >= 0.3 is 6.18 Å². The minimum Gasteiger partial charge on any atom is -0.370 e. The molecule has 1 unspecified atom stereocenters. The van der Waals surface area contributed by atoms with Crippen molar-refractivity contribution in [1.82, 2.24) is 5.32 Å². The molecule has 19 heavy (non-hydrogen) atoms. The number of hydrogen-bond acceptors (Lipinski definition) is 2. The number of alkyl halides is 3. The van der Waals surface area contributed by atoms with Gasteiger partial charge in [-0.3, -0.25) is 0 Å². The lowest BCUT2D eigenvalue weighted by atomic mass is 10.1. The first-order valence-electron chi connectivity index (χ1n) is 5.52. The molecule has 1 N–H and O–H groups in total. The lowest BCUT2D eigenvalue weighted by Crippen LogP contribution is -2.26. The zero-order chi connectivity index (χ0) is 14.6. The Bertz CT molecular complexity index is 438. The smallest absolute Gasteiger partial charge is 0.370 e. The maximum atomic E-state index is 12.0. The molecule has 0 aliphatic rings. The van der Waals surface area contributed by atoms with Gasteiger partial charge in [-0.25, -0.2) is 0 Å². The van der Waals surface area contributed by atoms with Crippen molar-refractivity contribution < 1.29 is 17.9 Å². The monoisotopic (exact) mass is 403 g/mol. The van der Waals surface area contributed by atoms with E-state index in [1.165, 1.54) is 0 Å². The number of likely N-dealkylation sites (N-methyl/N-ethyl adjacent to an activating group) is 1. The van der Waals surface area contributed by atoms with E-state index in [2.05, 4.69) is 37.2 Å². The number of aryl methyl sites for hydroxylation is 1. The molecule has 0 spiro atoms. The second-order valence-electron chi connectivity index (χ2n) is 4.09. The van der Waals surface area contributed by atoms with E-state index >= 15 is 0 Å². The van der Waals surface area contributed by atoms with Gasteiger partial charge in [0.1, 0.15) is 6.61 Å². The number of benzene rings is 1. The summed E-state index contributed by atoms with van der Waals surface area (Å²) in [6.07, 6.45) is -4.30. The zero-order valence-electron chi connectivity index (χ0n) is 10.4. The molecule has 0 bridgehead atoms. The van der Waals surface area contributed by atoms with Crippen molar-refractivity contribution in [2.45, 2.75) is 19.1 Å². The van der Waals surface area contributed by atoms with Gasteiger partial charge in [0.2, 0.25) is 0 Å². The van der Waals surface area contributed by atoms with Crippen LogP contribution in [-0.4, -0.2) is 26.4 Å². The molecule has 0 fully saturated rings. The molecule has 7 heteroatoms. The van der Waals surface area contributed by atoms with Crippen LogP contribution in [0.1, 0.15) is 17.2 Å². The van der Waals surface area contributed by atoms with Gasteiger partial charge < -0.3 is 10.1 Å². The fourth-order valence-corrected chi connectivity index (χ4v) is 2.65. The van der Waals surface area contributed by atoms with Crippen LogP contribution in [0, 0.1) is 6.92 Å². The minimum atomic E-state index is -4.30. The van der Waals surface area contributed by atoms with Crippen LogP contribution in [0.5, 0.6) is 0 Å². The van der Waals surface area contributed by atoms with Gasteiger partial charge in [0.25, 0.3) is 0 Å². The summed E-state index contributed by atoms with van der Waals surface area (Å²) in [5.41, 5.74) is 1.89. The maximum absolute atomic E-state index is 12.0. The van der Waals surface area contributed by atoms with Crippen LogP contribution in [0.15, 0.2) is 21.1 Å². The predicted molar refractivity (Wildman–Crippen MR) is 75.3 cm³/mol. The minimum absolute atomic E-state index is 0.0515. The van der Waals surface area contributed by atoms with Crippen LogP contribution in [-0.2, 0) is 4.74 Å². The third-order valence-corrected chi connectivity index (χ3v) is 4.09. The largest absolute Gasteiger partial charge is 0.411 e. The van der Waals surface area contributed by atoms with Crippen molar-refractivity contribution in [3.63, 3.8) is 0 Å². The highest BCUT2D eigenvalue weighted by molar-refractivity contribution is 9.11. The van der Waals surface area contributed by atoms with E-state index in [1.54, 1.807) is 7.05 Å². The first kappa shape index (κ1) is 16.9. The summed E-state index contributed by atoms with van der Waals surface area (Å²) in [4.78, 5) is 0. The number of ether oxygens (including phenoxy) is 1. The van der Waals surface area contributed by atoms with E-state index in [9.17, 15) is 13.2 Å². The lowest BCUT2D eigenvalue weighted by Gasteiger charge is -2.20. The topological polar surface area (TPSA) is 21.3 Å². The molecule has 108 valence electrons. The first-order chi connectivity index (χ1) is 8.74. The van der Waals surface area contributed by atoms with Gasteiger partial charge in [0.15, 0.2) is 0 Å². The fraction of sp³-hybridized carbons (Fsp3) is 0.500. The molecule has 1 rings (SSSR count). The average molecular weight is 405 g/mol. The molecule has 0 amide bonds. The van der Waals surface area contributed by atoms with Gasteiger partial charge in [0, 0.05) is 8.95 Å². The molecule has 1 aromatic rings. The Morgan fingerprint density at radius 1 is 1.26 bits per heavy atom. The van der Waals surface area contributed by atoms with E-state index in [-0.39, 0.29) is 12.6 Å². The van der Waals surface area contributed by atoms with Gasteiger partial charge in [-0.1, -0.05) is 31.9 Å². The van der Waals surface area contributed by atoms with Crippen LogP contribution in [0.2, 0.25) is 0 Å². The second kappa shape index (κ2) is 7.06. The van der Waals surface area contributed by atoms with Gasteiger partial charge in [-0.2, -0.15) is 13.2 Å². The summed E-state index contributed by atoms with van der Waals surface area (Å²) in [6.45, 7) is 0.646. The van der Waals surface area contributed by atoms with Gasteiger partial charge in [-0.15, -0.1) is 0 Å². The molecular weight excluding hydrogens is 391 g/mol. The van der Waals surface area contributed by atoms with Crippen LogP contribution in [0.3, 0.4) is 0 Å². The van der Waals surface area contributed by atoms with Crippen molar-refractivity contribution >= 4 is 31.9 Å². The molecule has 0 saturated carbocycles. The highest BCUT2D eigenvalue weighted by Gasteiger charge is 2.28. The molecule has 0 aliphatic heterocycles. The molecule has 1 atom stereocenters. The summed E-state index contributed by atoms with van der Waals surface area (Å²) in [5, 5.41) is 2.95. The van der Waals surface area contributed by atoms with Crippen molar-refractivity contribution in [2.75, 3.05) is 20.3 Å². The number of rotatable bonds is 5. The summed E-state index contributed by atoms with van der Waals surface area (Å²) >= 11 is 6.82. The number of halogens is 5. The Balaban J connectivity index is 2.77. The Morgan fingerprint density at radius 3 is 2.42 bits per heavy atom. The van der Waals surface area contributed by atoms with Crippen molar-refractivity contribution in [2.24, 2.45) is 0 Å². The van der Waals surface area contributed by atoms with E-state index in [0.29, 0.717) is 0 Å². The van der Waals surface area contributed by atoms with Crippen molar-refractivity contribution in [3.8, 4) is 0 Å². The van der Waals surface area contributed by atoms with E-state index in [0.717, 1.165) is 20.1 Å². The lowest BCUT2D eigenvalue weighted by molar-refractivity contribution is -0.175. The first-order valence-corrected chi connectivity index (χ1v) is 7.10. The summed E-state index contributed by atoms with van der Waals surface area (Å²) in [6, 6.07) is 3.47. The molecule has 0 radical (unpaired) electrons. The molecule has 0 aliphatic carbocycles. The van der Waals surface area contributed by atoms with Gasteiger partial charge in [0.05, 0.1) is 12.6 Å². The SMILES string of the molecule is CNC(COCC(F)(F)F)c1cc(Br)c(C)cc1Br. The van der Waals surface area contributed by atoms with E-state index in [1.807, 2.05) is 19.1 Å². The Kier molecular flexibility index (Phi) is 6.29. The Labute approximate surface area is 127 Å². The Hall–Kier alpha value is -0.110. The van der Waals surface area contributed by atoms with Crippen molar-refractivity contribution in [1.29, 1.82) is 0 Å². The standard InChI is InChI=1S/C12H14Br2F3NO/c1-7-3-10(14)8(4-9(7)13)11(18-2)5-19-6-12(15,16)17/h3-4,11,18H,5-6H2,1-2H3. The van der Waals surface area contributed by atoms with Crippen LogP contribution < -0.4 is 5.32 Å². The highest BCUT2D eigenvalue weighted by Crippen LogP contribution is 2.30. The van der Waals surface area contributed by atoms with E-state index < -0.39 is 12.8 Å². The third-order valence-electron chi connectivity index (χ3n) is 2.55. The second-order valence-corrected chi connectivity index (χ2v) is 5.80. The molecule has 2 nitrogen and oxygen atoms in total. The predicted octanol–water partition coefficient (Wildman–Crippen LogP) is 4.36. The van der Waals surface area contributed by atoms with Crippen LogP contribution in [0.25, 0.3) is 0 Å². The third kappa shape index (κ3) is 5.41. The number of nitrogens with one attached hydrogen (secondary N) is 1. The molecule has 0 heterocycles. The van der Waals surface area contributed by atoms with Crippen molar-refractivity contribution in [3.05, 3.63) is 32.2 Å². The van der Waals surface area contributed by atoms with E-state index in [4.69, 9.17) is 4.74 Å². The van der Waals surface area contributed by atoms with Crippen LogP contribution >= 0.6 is 31.9 Å². The zero-order valence-corrected chi connectivity index (χ0v) is 13.6. The molecule has 0 saturated heterocycles.